The molecule has 6 nitrogen and oxygen atoms in total. The maximum absolute atomic E-state index is 10.8. The van der Waals surface area contributed by atoms with Crippen molar-refractivity contribution in [3.63, 3.8) is 0 Å². The smallest absolute Gasteiger partial charge is 0.326 e. The number of ether oxygens (including phenoxy) is 1. The first-order valence-corrected chi connectivity index (χ1v) is 7.24. The molecule has 0 fully saturated rings. The summed E-state index contributed by atoms with van der Waals surface area (Å²) in [5.41, 5.74) is 1.77. The van der Waals surface area contributed by atoms with Crippen LogP contribution in [0.25, 0.3) is 0 Å². The number of nitrogens with zero attached hydrogens (tertiary/aromatic N) is 1. The summed E-state index contributed by atoms with van der Waals surface area (Å²) < 4.78 is 5.17. The summed E-state index contributed by atoms with van der Waals surface area (Å²) in [7, 11) is 1.61. The van der Waals surface area contributed by atoms with Crippen LogP contribution >= 0.6 is 11.8 Å². The maximum Gasteiger partial charge on any atom is 0.326 e. The van der Waals surface area contributed by atoms with Gasteiger partial charge in [-0.3, -0.25) is 9.78 Å². The predicted molar refractivity (Wildman–Crippen MR) is 76.9 cm³/mol. The Balaban J connectivity index is 2.42. The van der Waals surface area contributed by atoms with E-state index in [0.29, 0.717) is 24.3 Å². The van der Waals surface area contributed by atoms with Gasteiger partial charge in [0.15, 0.2) is 0 Å². The number of amides is 1. The number of hydrogen-bond donors (Lipinski definition) is 2. The summed E-state index contributed by atoms with van der Waals surface area (Å²) in [4.78, 5) is 25.5. The summed E-state index contributed by atoms with van der Waals surface area (Å²) in [5, 5.41) is 11.1. The lowest BCUT2D eigenvalue weighted by Crippen LogP contribution is -2.36. The van der Waals surface area contributed by atoms with Gasteiger partial charge in [-0.15, -0.1) is 0 Å². The van der Waals surface area contributed by atoms with E-state index < -0.39 is 12.0 Å². The van der Waals surface area contributed by atoms with Crippen molar-refractivity contribution in [2.75, 3.05) is 12.9 Å². The number of aromatic nitrogens is 1. The second-order valence-corrected chi connectivity index (χ2v) is 5.26. The van der Waals surface area contributed by atoms with Crippen LogP contribution in [-0.4, -0.2) is 41.4 Å². The topological polar surface area (TPSA) is 88.5 Å². The number of nitrogens with one attached hydrogen (secondary N) is 1. The number of carbonyl (C=O) groups is 2. The summed E-state index contributed by atoms with van der Waals surface area (Å²) >= 11 is 1.57. The summed E-state index contributed by atoms with van der Waals surface area (Å²) in [6.07, 6.45) is 0.790. The normalized spacial score (nSPS) is 11.7. The molecule has 0 aliphatic rings. The molecule has 0 bridgehead atoms. The number of aliphatic carboxylic acids is 1. The number of methoxy groups -OCH3 is 1. The summed E-state index contributed by atoms with van der Waals surface area (Å²) in [6.45, 7) is 1.89. The first-order chi connectivity index (χ1) is 9.56. The van der Waals surface area contributed by atoms with Crippen LogP contribution in [0, 0.1) is 6.92 Å². The molecule has 1 aromatic rings. The van der Waals surface area contributed by atoms with E-state index in [9.17, 15) is 9.59 Å². The van der Waals surface area contributed by atoms with Gasteiger partial charge < -0.3 is 15.2 Å². The average Bonchev–Trinajstić information content (AvgIpc) is 2.41. The van der Waals surface area contributed by atoms with Crippen LogP contribution in [0.15, 0.2) is 12.1 Å². The number of hydrogen-bond acceptors (Lipinski definition) is 5. The molecule has 0 aliphatic carbocycles. The molecule has 1 aromatic heterocycles. The molecule has 0 saturated carbocycles. The highest BCUT2D eigenvalue weighted by Gasteiger charge is 2.15. The van der Waals surface area contributed by atoms with Crippen LogP contribution in [0.2, 0.25) is 0 Å². The fourth-order valence-corrected chi connectivity index (χ4v) is 2.54. The van der Waals surface area contributed by atoms with Gasteiger partial charge in [0.1, 0.15) is 11.8 Å². The van der Waals surface area contributed by atoms with E-state index in [-0.39, 0.29) is 0 Å². The predicted octanol–water partition coefficient (Wildman–Crippen LogP) is 1.22. The lowest BCUT2D eigenvalue weighted by Gasteiger charge is -2.10. The van der Waals surface area contributed by atoms with E-state index in [1.165, 1.54) is 0 Å². The Morgan fingerprint density at radius 1 is 1.60 bits per heavy atom. The molecule has 1 unspecified atom stereocenters. The zero-order valence-electron chi connectivity index (χ0n) is 11.5. The first-order valence-electron chi connectivity index (χ1n) is 6.08. The van der Waals surface area contributed by atoms with Gasteiger partial charge in [-0.25, -0.2) is 4.79 Å². The molecule has 0 radical (unpaired) electrons. The van der Waals surface area contributed by atoms with Crippen LogP contribution in [0.3, 0.4) is 0 Å². The minimum absolute atomic E-state index is 0.377. The Labute approximate surface area is 121 Å². The molecule has 0 saturated heterocycles. The molecule has 0 spiro atoms. The van der Waals surface area contributed by atoms with Crippen LogP contribution in [0.5, 0.6) is 5.75 Å². The Morgan fingerprint density at radius 2 is 2.35 bits per heavy atom. The zero-order chi connectivity index (χ0) is 15.0. The fraction of sp³-hybridized carbons (Fsp3) is 0.462. The van der Waals surface area contributed by atoms with Gasteiger partial charge in [0.05, 0.1) is 12.8 Å². The van der Waals surface area contributed by atoms with Crippen LogP contribution in [-0.2, 0) is 15.3 Å². The molecule has 1 rings (SSSR count). The number of rotatable bonds is 9. The van der Waals surface area contributed by atoms with Gasteiger partial charge in [0.2, 0.25) is 6.41 Å². The molecule has 2 N–H and O–H groups in total. The SMILES string of the molecule is COc1cc(C)nc(CSCCC(NC=O)C(=O)O)c1. The van der Waals surface area contributed by atoms with Gasteiger partial charge in [-0.05, 0) is 19.1 Å². The molecule has 110 valence electrons. The standard InChI is InChI=1S/C13H18N2O4S/c1-9-5-11(19-2)6-10(15-9)7-20-4-3-12(13(17)18)14-8-16/h5-6,8,12H,3-4,7H2,1-2H3,(H,14,16)(H,17,18). The zero-order valence-corrected chi connectivity index (χ0v) is 12.3. The number of thioether (sulfide) groups is 1. The van der Waals surface area contributed by atoms with Crippen molar-refractivity contribution in [2.45, 2.75) is 25.1 Å². The Kier molecular flexibility index (Phi) is 6.86. The highest BCUT2D eigenvalue weighted by Crippen LogP contribution is 2.18. The molecular weight excluding hydrogens is 280 g/mol. The number of pyridine rings is 1. The van der Waals surface area contributed by atoms with Crippen LogP contribution in [0.4, 0.5) is 0 Å². The summed E-state index contributed by atoms with van der Waals surface area (Å²) in [6, 6.07) is 2.88. The Bertz CT molecular complexity index is 468. The molecule has 1 heterocycles. The van der Waals surface area contributed by atoms with Gasteiger partial charge >= 0.3 is 5.97 Å². The van der Waals surface area contributed by atoms with Crippen molar-refractivity contribution in [3.05, 3.63) is 23.5 Å². The fourth-order valence-electron chi connectivity index (χ4n) is 1.63. The van der Waals surface area contributed by atoms with Gasteiger partial charge in [-0.2, -0.15) is 11.8 Å². The quantitative estimate of drug-likeness (QED) is 0.526. The highest BCUT2D eigenvalue weighted by molar-refractivity contribution is 7.98. The van der Waals surface area contributed by atoms with E-state index in [1.54, 1.807) is 18.9 Å². The summed E-state index contributed by atoms with van der Waals surface area (Å²) in [5.74, 6) is 1.04. The monoisotopic (exact) mass is 298 g/mol. The minimum atomic E-state index is -1.02. The van der Waals surface area contributed by atoms with E-state index in [2.05, 4.69) is 10.3 Å². The first kappa shape index (κ1) is 16.3. The third kappa shape index (κ3) is 5.48. The van der Waals surface area contributed by atoms with Crippen molar-refractivity contribution in [3.8, 4) is 5.75 Å². The Morgan fingerprint density at radius 3 is 2.95 bits per heavy atom. The second kappa shape index (κ2) is 8.42. The van der Waals surface area contributed by atoms with E-state index in [1.807, 2.05) is 19.1 Å². The highest BCUT2D eigenvalue weighted by atomic mass is 32.2. The molecule has 1 amide bonds. The van der Waals surface area contributed by atoms with Crippen molar-refractivity contribution in [1.82, 2.24) is 10.3 Å². The van der Waals surface area contributed by atoms with E-state index in [0.717, 1.165) is 17.1 Å². The van der Waals surface area contributed by atoms with Crippen molar-refractivity contribution >= 4 is 24.1 Å². The van der Waals surface area contributed by atoms with Gasteiger partial charge in [0, 0.05) is 23.6 Å². The third-order valence-corrected chi connectivity index (χ3v) is 3.61. The van der Waals surface area contributed by atoms with E-state index >= 15 is 0 Å². The minimum Gasteiger partial charge on any atom is -0.497 e. The van der Waals surface area contributed by atoms with Crippen LogP contribution < -0.4 is 10.1 Å². The number of carboxylic acid groups (broad SMARTS) is 1. The van der Waals surface area contributed by atoms with Crippen molar-refractivity contribution in [1.29, 1.82) is 0 Å². The number of carboxylic acids is 1. The van der Waals surface area contributed by atoms with Crippen LogP contribution in [0.1, 0.15) is 17.8 Å². The lowest BCUT2D eigenvalue weighted by atomic mass is 10.2. The van der Waals surface area contributed by atoms with Gasteiger partial charge in [0.25, 0.3) is 0 Å². The lowest BCUT2D eigenvalue weighted by molar-refractivity contribution is -0.140. The third-order valence-electron chi connectivity index (χ3n) is 2.58. The molecule has 0 aromatic carbocycles. The molecule has 7 heteroatoms. The van der Waals surface area contributed by atoms with E-state index in [4.69, 9.17) is 9.84 Å². The average molecular weight is 298 g/mol. The van der Waals surface area contributed by atoms with Crippen molar-refractivity contribution in [2.24, 2.45) is 0 Å². The molecular formula is C13H18N2O4S. The Hall–Kier alpha value is -1.76. The second-order valence-electron chi connectivity index (χ2n) is 4.16. The molecule has 0 aliphatic heterocycles. The largest absolute Gasteiger partial charge is 0.497 e. The molecule has 1 atom stereocenters. The van der Waals surface area contributed by atoms with Crippen molar-refractivity contribution < 1.29 is 19.4 Å². The van der Waals surface area contributed by atoms with Gasteiger partial charge in [-0.1, -0.05) is 0 Å². The number of carbonyl (C=O) groups excluding carboxylic acids is 1. The molecule has 20 heavy (non-hydrogen) atoms. The number of aryl methyl sites for hydroxylation is 1. The maximum atomic E-state index is 10.8.